The Morgan fingerprint density at radius 1 is 1.75 bits per heavy atom. The van der Waals surface area contributed by atoms with Crippen LogP contribution in [0, 0.1) is 5.92 Å². The second-order valence-electron chi connectivity index (χ2n) is 3.63. The van der Waals surface area contributed by atoms with Gasteiger partial charge in [-0.25, -0.2) is 0 Å². The van der Waals surface area contributed by atoms with Crippen molar-refractivity contribution in [1.29, 1.82) is 0 Å². The van der Waals surface area contributed by atoms with Crippen LogP contribution in [0.25, 0.3) is 0 Å². The summed E-state index contributed by atoms with van der Waals surface area (Å²) in [5.41, 5.74) is 0. The minimum absolute atomic E-state index is 0.177. The third-order valence-corrected chi connectivity index (χ3v) is 2.43. The quantitative estimate of drug-likeness (QED) is 0.645. The van der Waals surface area contributed by atoms with Crippen LogP contribution in [0.2, 0.25) is 0 Å². The molecule has 0 aromatic heterocycles. The van der Waals surface area contributed by atoms with Crippen LogP contribution in [0.15, 0.2) is 0 Å². The van der Waals surface area contributed by atoms with E-state index in [4.69, 9.17) is 0 Å². The van der Waals surface area contributed by atoms with Gasteiger partial charge in [0.2, 0.25) is 5.91 Å². The van der Waals surface area contributed by atoms with Gasteiger partial charge in [0, 0.05) is 19.0 Å². The van der Waals surface area contributed by atoms with E-state index < -0.39 is 0 Å². The normalized spacial score (nSPS) is 25.5. The van der Waals surface area contributed by atoms with Crippen molar-refractivity contribution in [2.45, 2.75) is 32.7 Å². The fraction of sp³-hybridized carbons (Fsp3) is 0.889. The van der Waals surface area contributed by atoms with Crippen LogP contribution in [-0.4, -0.2) is 25.0 Å². The van der Waals surface area contributed by atoms with E-state index in [1.54, 1.807) is 0 Å². The van der Waals surface area contributed by atoms with Crippen LogP contribution in [0.5, 0.6) is 0 Å². The molecule has 0 spiro atoms. The largest absolute Gasteiger partial charge is 0.354 e. The van der Waals surface area contributed by atoms with E-state index >= 15 is 0 Å². The maximum absolute atomic E-state index is 10.8. The molecule has 2 N–H and O–H groups in total. The number of rotatable bonds is 4. The summed E-state index contributed by atoms with van der Waals surface area (Å²) in [6.45, 7) is 6.23. The Balaban J connectivity index is 2.11. The SMILES string of the molecule is CCC(C)CNC1CNC(=O)C1. The molecule has 2 atom stereocenters. The molecule has 70 valence electrons. The molecule has 1 aliphatic heterocycles. The van der Waals surface area contributed by atoms with Crippen molar-refractivity contribution in [3.8, 4) is 0 Å². The zero-order valence-corrected chi connectivity index (χ0v) is 7.89. The molecule has 1 rings (SSSR count). The van der Waals surface area contributed by atoms with E-state index in [2.05, 4.69) is 24.5 Å². The van der Waals surface area contributed by atoms with Crippen molar-refractivity contribution in [2.75, 3.05) is 13.1 Å². The lowest BCUT2D eigenvalue weighted by Gasteiger charge is -2.13. The summed E-state index contributed by atoms with van der Waals surface area (Å²) in [4.78, 5) is 10.8. The van der Waals surface area contributed by atoms with Crippen molar-refractivity contribution < 1.29 is 4.79 Å². The minimum Gasteiger partial charge on any atom is -0.354 e. The first-order valence-corrected chi connectivity index (χ1v) is 4.72. The maximum atomic E-state index is 10.8. The van der Waals surface area contributed by atoms with Crippen LogP contribution >= 0.6 is 0 Å². The molecule has 0 radical (unpaired) electrons. The molecule has 3 heteroatoms. The summed E-state index contributed by atoms with van der Waals surface area (Å²) in [6, 6.07) is 0.367. The Hall–Kier alpha value is -0.570. The van der Waals surface area contributed by atoms with E-state index in [1.807, 2.05) is 0 Å². The first-order chi connectivity index (χ1) is 5.72. The van der Waals surface area contributed by atoms with Gasteiger partial charge < -0.3 is 10.6 Å². The standard InChI is InChI=1S/C9H18N2O/c1-3-7(2)5-10-8-4-9(12)11-6-8/h7-8,10H,3-6H2,1-2H3,(H,11,12). The molecule has 1 aliphatic rings. The van der Waals surface area contributed by atoms with E-state index in [1.165, 1.54) is 6.42 Å². The predicted octanol–water partition coefficient (Wildman–Crippen LogP) is 0.511. The first kappa shape index (κ1) is 9.52. The molecule has 3 nitrogen and oxygen atoms in total. The molecule has 2 unspecified atom stereocenters. The van der Waals surface area contributed by atoms with Crippen LogP contribution in [0.4, 0.5) is 0 Å². The lowest BCUT2D eigenvalue weighted by atomic mass is 10.1. The zero-order valence-electron chi connectivity index (χ0n) is 7.89. The van der Waals surface area contributed by atoms with E-state index in [-0.39, 0.29) is 5.91 Å². The predicted molar refractivity (Wildman–Crippen MR) is 48.9 cm³/mol. The van der Waals surface area contributed by atoms with E-state index in [0.717, 1.165) is 13.1 Å². The van der Waals surface area contributed by atoms with Crippen LogP contribution in [0.1, 0.15) is 26.7 Å². The highest BCUT2D eigenvalue weighted by atomic mass is 16.1. The molecule has 0 aromatic rings. The summed E-state index contributed by atoms with van der Waals surface area (Å²) in [5.74, 6) is 0.886. The summed E-state index contributed by atoms with van der Waals surface area (Å²) in [5, 5.41) is 6.19. The van der Waals surface area contributed by atoms with Gasteiger partial charge in [0.25, 0.3) is 0 Å². The molecule has 1 heterocycles. The van der Waals surface area contributed by atoms with Crippen molar-refractivity contribution in [1.82, 2.24) is 10.6 Å². The van der Waals surface area contributed by atoms with Crippen molar-refractivity contribution in [3.63, 3.8) is 0 Å². The Kier molecular flexibility index (Phi) is 3.53. The molecule has 0 aliphatic carbocycles. The van der Waals surface area contributed by atoms with Gasteiger partial charge in [-0.15, -0.1) is 0 Å². The summed E-state index contributed by atoms with van der Waals surface area (Å²) < 4.78 is 0. The number of carbonyl (C=O) groups is 1. The molecule has 1 fully saturated rings. The molecule has 0 aromatic carbocycles. The lowest BCUT2D eigenvalue weighted by Crippen LogP contribution is -2.34. The average Bonchev–Trinajstić information content (AvgIpc) is 2.47. The Morgan fingerprint density at radius 3 is 3.00 bits per heavy atom. The van der Waals surface area contributed by atoms with Gasteiger partial charge in [-0.2, -0.15) is 0 Å². The Labute approximate surface area is 73.9 Å². The third kappa shape index (κ3) is 2.81. The monoisotopic (exact) mass is 170 g/mol. The highest BCUT2D eigenvalue weighted by molar-refractivity contribution is 5.78. The Morgan fingerprint density at radius 2 is 2.50 bits per heavy atom. The van der Waals surface area contributed by atoms with Crippen molar-refractivity contribution >= 4 is 5.91 Å². The second kappa shape index (κ2) is 4.45. The van der Waals surface area contributed by atoms with E-state index in [9.17, 15) is 4.79 Å². The fourth-order valence-electron chi connectivity index (χ4n) is 1.26. The summed E-state index contributed by atoms with van der Waals surface area (Å²) in [7, 11) is 0. The van der Waals surface area contributed by atoms with Gasteiger partial charge in [0.15, 0.2) is 0 Å². The van der Waals surface area contributed by atoms with Crippen LogP contribution in [-0.2, 0) is 4.79 Å². The van der Waals surface area contributed by atoms with Gasteiger partial charge >= 0.3 is 0 Å². The molecule has 1 saturated heterocycles. The summed E-state index contributed by atoms with van der Waals surface area (Å²) >= 11 is 0. The number of hydrogen-bond acceptors (Lipinski definition) is 2. The van der Waals surface area contributed by atoms with Gasteiger partial charge in [0.1, 0.15) is 0 Å². The third-order valence-electron chi connectivity index (χ3n) is 2.43. The summed E-state index contributed by atoms with van der Waals surface area (Å²) in [6.07, 6.45) is 1.84. The molecule has 0 bridgehead atoms. The smallest absolute Gasteiger partial charge is 0.221 e. The van der Waals surface area contributed by atoms with Gasteiger partial charge in [-0.05, 0) is 12.5 Å². The topological polar surface area (TPSA) is 41.1 Å². The maximum Gasteiger partial charge on any atom is 0.221 e. The highest BCUT2D eigenvalue weighted by Gasteiger charge is 2.20. The number of amides is 1. The molecular formula is C9H18N2O. The van der Waals surface area contributed by atoms with Crippen molar-refractivity contribution in [3.05, 3.63) is 0 Å². The zero-order chi connectivity index (χ0) is 8.97. The lowest BCUT2D eigenvalue weighted by molar-refractivity contribution is -0.119. The second-order valence-corrected chi connectivity index (χ2v) is 3.63. The first-order valence-electron chi connectivity index (χ1n) is 4.72. The number of carbonyl (C=O) groups excluding carboxylic acids is 1. The highest BCUT2D eigenvalue weighted by Crippen LogP contribution is 2.02. The molecule has 1 amide bonds. The van der Waals surface area contributed by atoms with Gasteiger partial charge in [-0.3, -0.25) is 4.79 Å². The van der Waals surface area contributed by atoms with Gasteiger partial charge in [0.05, 0.1) is 0 Å². The molecular weight excluding hydrogens is 152 g/mol. The molecule has 0 saturated carbocycles. The Bertz CT molecular complexity index is 159. The number of nitrogens with one attached hydrogen (secondary N) is 2. The van der Waals surface area contributed by atoms with Gasteiger partial charge in [-0.1, -0.05) is 20.3 Å². The number of hydrogen-bond donors (Lipinski definition) is 2. The van der Waals surface area contributed by atoms with Crippen LogP contribution < -0.4 is 10.6 Å². The molecule has 12 heavy (non-hydrogen) atoms. The van der Waals surface area contributed by atoms with Crippen molar-refractivity contribution in [2.24, 2.45) is 5.92 Å². The van der Waals surface area contributed by atoms with E-state index in [0.29, 0.717) is 18.4 Å². The average molecular weight is 170 g/mol. The fourth-order valence-corrected chi connectivity index (χ4v) is 1.26. The van der Waals surface area contributed by atoms with Crippen LogP contribution in [0.3, 0.4) is 0 Å². The minimum atomic E-state index is 0.177.